The number of hydrogen-bond donors (Lipinski definition) is 0. The fourth-order valence-corrected chi connectivity index (χ4v) is 2.21. The summed E-state index contributed by atoms with van der Waals surface area (Å²) in [6, 6.07) is -1.25. The summed E-state index contributed by atoms with van der Waals surface area (Å²) in [5.74, 6) is -10.1. The summed E-state index contributed by atoms with van der Waals surface area (Å²) in [4.78, 5) is 15.9. The molecule has 20 heavy (non-hydrogen) atoms. The fraction of sp³-hybridized carbons (Fsp3) is 0.417. The molecule has 2 rings (SSSR count). The molecule has 1 aliphatic rings. The number of benzene rings is 1. The van der Waals surface area contributed by atoms with Crippen LogP contribution in [0.4, 0.5) is 22.0 Å². The molecule has 1 fully saturated rings. The molecule has 8 heteroatoms. The normalized spacial score (nSPS) is 27.1. The Morgan fingerprint density at radius 1 is 1.10 bits per heavy atom. The molecule has 1 aliphatic heterocycles. The number of hydroxylamine groups is 2. The minimum absolute atomic E-state index is 0.231. The van der Waals surface area contributed by atoms with Gasteiger partial charge in [0.1, 0.15) is 5.60 Å². The Morgan fingerprint density at radius 3 is 1.95 bits per heavy atom. The van der Waals surface area contributed by atoms with E-state index in [0.717, 1.165) is 5.06 Å². The lowest BCUT2D eigenvalue weighted by atomic mass is 9.94. The molecule has 110 valence electrons. The van der Waals surface area contributed by atoms with Crippen molar-refractivity contribution in [1.82, 2.24) is 5.06 Å². The van der Waals surface area contributed by atoms with Crippen LogP contribution in [0.1, 0.15) is 24.9 Å². The molecule has 1 aromatic rings. The lowest BCUT2D eigenvalue weighted by molar-refractivity contribution is -0.182. The highest BCUT2D eigenvalue weighted by molar-refractivity contribution is 5.62. The maximum atomic E-state index is 13.7. The van der Waals surface area contributed by atoms with Gasteiger partial charge in [-0.2, -0.15) is 5.06 Å². The number of rotatable bonds is 2. The first-order valence-electron chi connectivity index (χ1n) is 5.61. The topological polar surface area (TPSA) is 29.5 Å². The second-order valence-corrected chi connectivity index (χ2v) is 4.77. The molecule has 0 aliphatic carbocycles. The maximum Gasteiger partial charge on any atom is 0.200 e. The summed E-state index contributed by atoms with van der Waals surface area (Å²) in [7, 11) is 1.25. The Labute approximate surface area is 110 Å². The quantitative estimate of drug-likeness (QED) is 0.363. The molecule has 1 heterocycles. The van der Waals surface area contributed by atoms with Gasteiger partial charge in [0.2, 0.25) is 5.82 Å². The third-order valence-corrected chi connectivity index (χ3v) is 3.22. The van der Waals surface area contributed by atoms with Crippen molar-refractivity contribution in [2.75, 3.05) is 7.05 Å². The molecule has 1 aromatic carbocycles. The van der Waals surface area contributed by atoms with Crippen molar-refractivity contribution in [3.8, 4) is 0 Å². The molecule has 0 aromatic heterocycles. The highest BCUT2D eigenvalue weighted by atomic mass is 19.2. The van der Waals surface area contributed by atoms with E-state index in [9.17, 15) is 26.7 Å². The fourth-order valence-electron chi connectivity index (χ4n) is 2.21. The van der Waals surface area contributed by atoms with Crippen LogP contribution in [0.3, 0.4) is 0 Å². The largest absolute Gasteiger partial charge is 0.300 e. The van der Waals surface area contributed by atoms with Gasteiger partial charge in [-0.25, -0.2) is 22.0 Å². The molecular formula is C12H10F5NO2. The van der Waals surface area contributed by atoms with Crippen molar-refractivity contribution in [2.45, 2.75) is 25.0 Å². The van der Waals surface area contributed by atoms with Gasteiger partial charge in [-0.3, -0.25) is 4.84 Å². The van der Waals surface area contributed by atoms with Gasteiger partial charge in [0.05, 0.1) is 6.04 Å². The first kappa shape index (κ1) is 14.9. The molecule has 1 unspecified atom stereocenters. The zero-order chi connectivity index (χ0) is 15.2. The number of hydrogen-bond acceptors (Lipinski definition) is 3. The van der Waals surface area contributed by atoms with Gasteiger partial charge in [-0.05, 0) is 6.92 Å². The standard InChI is InChI=1S/C12H10F5NO2/c1-12(4-19)3-5(18(2)20-12)6-7(13)9(15)11(17)10(16)8(6)14/h4-5H,3H2,1-2H3/t5?,12-/m0/s1. The minimum Gasteiger partial charge on any atom is -0.300 e. The molecular weight excluding hydrogens is 285 g/mol. The van der Waals surface area contributed by atoms with Crippen LogP contribution in [-0.4, -0.2) is 24.0 Å². The second kappa shape index (κ2) is 4.78. The first-order valence-corrected chi connectivity index (χ1v) is 5.61. The number of halogens is 5. The van der Waals surface area contributed by atoms with Crippen LogP contribution < -0.4 is 0 Å². The van der Waals surface area contributed by atoms with Gasteiger partial charge < -0.3 is 4.79 Å². The third kappa shape index (κ3) is 2.08. The summed E-state index contributed by atoms with van der Waals surface area (Å²) in [6.07, 6.45) is 0.181. The second-order valence-electron chi connectivity index (χ2n) is 4.77. The smallest absolute Gasteiger partial charge is 0.200 e. The number of aldehydes is 1. The SMILES string of the molecule is CN1O[C@](C)(C=O)CC1c1c(F)c(F)c(F)c(F)c1F. The van der Waals surface area contributed by atoms with E-state index >= 15 is 0 Å². The first-order chi connectivity index (χ1) is 9.22. The minimum atomic E-state index is -2.22. The van der Waals surface area contributed by atoms with Crippen LogP contribution in [-0.2, 0) is 9.63 Å². The van der Waals surface area contributed by atoms with Gasteiger partial charge in [0.15, 0.2) is 29.6 Å². The molecule has 0 N–H and O–H groups in total. The van der Waals surface area contributed by atoms with Gasteiger partial charge in [-0.1, -0.05) is 0 Å². The van der Waals surface area contributed by atoms with Crippen molar-refractivity contribution in [2.24, 2.45) is 0 Å². The Kier molecular flexibility index (Phi) is 3.55. The van der Waals surface area contributed by atoms with E-state index in [-0.39, 0.29) is 6.42 Å². The third-order valence-electron chi connectivity index (χ3n) is 3.22. The van der Waals surface area contributed by atoms with Crippen LogP contribution in [0, 0.1) is 29.1 Å². The monoisotopic (exact) mass is 295 g/mol. The lowest BCUT2D eigenvalue weighted by Gasteiger charge is -2.19. The van der Waals surface area contributed by atoms with Gasteiger partial charge in [0, 0.05) is 19.0 Å². The van der Waals surface area contributed by atoms with Crippen LogP contribution in [0.2, 0.25) is 0 Å². The molecule has 0 bridgehead atoms. The number of nitrogens with zero attached hydrogens (tertiary/aromatic N) is 1. The van der Waals surface area contributed by atoms with E-state index in [2.05, 4.69) is 0 Å². The molecule has 0 spiro atoms. The number of carbonyl (C=O) groups is 1. The van der Waals surface area contributed by atoms with Gasteiger partial charge >= 0.3 is 0 Å². The van der Waals surface area contributed by atoms with E-state index in [0.29, 0.717) is 6.29 Å². The molecule has 0 radical (unpaired) electrons. The summed E-state index contributed by atoms with van der Waals surface area (Å²) in [5, 5.41) is 0.909. The lowest BCUT2D eigenvalue weighted by Crippen LogP contribution is -2.27. The zero-order valence-electron chi connectivity index (χ0n) is 10.5. The van der Waals surface area contributed by atoms with Crippen LogP contribution in [0.5, 0.6) is 0 Å². The van der Waals surface area contributed by atoms with Crippen LogP contribution >= 0.6 is 0 Å². The summed E-state index contributed by atoms with van der Waals surface area (Å²) < 4.78 is 66.7. The van der Waals surface area contributed by atoms with Crippen LogP contribution in [0.25, 0.3) is 0 Å². The van der Waals surface area contributed by atoms with Gasteiger partial charge in [0.25, 0.3) is 0 Å². The average molecular weight is 295 g/mol. The van der Waals surface area contributed by atoms with E-state index in [1.54, 1.807) is 0 Å². The van der Waals surface area contributed by atoms with Crippen LogP contribution in [0.15, 0.2) is 0 Å². The predicted octanol–water partition coefficient (Wildman–Crippen LogP) is 2.65. The highest BCUT2D eigenvalue weighted by Crippen LogP contribution is 2.41. The molecule has 0 amide bonds. The van der Waals surface area contributed by atoms with Crippen molar-refractivity contribution in [3.63, 3.8) is 0 Å². The Hall–Kier alpha value is -1.54. The Bertz CT molecular complexity index is 550. The van der Waals surface area contributed by atoms with E-state index in [1.807, 2.05) is 0 Å². The molecule has 3 nitrogen and oxygen atoms in total. The summed E-state index contributed by atoms with van der Waals surface area (Å²) in [6.45, 7) is 1.35. The van der Waals surface area contributed by atoms with Crippen molar-refractivity contribution in [3.05, 3.63) is 34.6 Å². The van der Waals surface area contributed by atoms with Crippen molar-refractivity contribution in [1.29, 1.82) is 0 Å². The predicted molar refractivity (Wildman–Crippen MR) is 56.9 cm³/mol. The Morgan fingerprint density at radius 2 is 1.55 bits per heavy atom. The van der Waals surface area contributed by atoms with Gasteiger partial charge in [-0.15, -0.1) is 0 Å². The zero-order valence-corrected chi connectivity index (χ0v) is 10.5. The summed E-state index contributed by atoms with van der Waals surface area (Å²) in [5.41, 5.74) is -2.38. The Balaban J connectivity index is 2.57. The maximum absolute atomic E-state index is 13.7. The van der Waals surface area contributed by atoms with E-state index < -0.39 is 46.3 Å². The van der Waals surface area contributed by atoms with E-state index in [1.165, 1.54) is 14.0 Å². The van der Waals surface area contributed by atoms with E-state index in [4.69, 9.17) is 4.84 Å². The highest BCUT2D eigenvalue weighted by Gasteiger charge is 2.45. The molecule has 1 saturated heterocycles. The van der Waals surface area contributed by atoms with Crippen molar-refractivity contribution >= 4 is 6.29 Å². The number of carbonyl (C=O) groups excluding carboxylic acids is 1. The average Bonchev–Trinajstić information content (AvgIpc) is 2.71. The molecule has 2 atom stereocenters. The van der Waals surface area contributed by atoms with Crippen molar-refractivity contribution < 1.29 is 31.6 Å². The molecule has 0 saturated carbocycles. The summed E-state index contributed by atoms with van der Waals surface area (Å²) >= 11 is 0.